The third kappa shape index (κ3) is 4.01. The number of hydrogen-bond donors (Lipinski definition) is 1. The van der Waals surface area contributed by atoms with Gasteiger partial charge in [0, 0.05) is 28.5 Å². The number of aryl methyl sites for hydroxylation is 1. The fourth-order valence-corrected chi connectivity index (χ4v) is 3.71. The van der Waals surface area contributed by atoms with Gasteiger partial charge in [0.1, 0.15) is 10.8 Å². The summed E-state index contributed by atoms with van der Waals surface area (Å²) in [6, 6.07) is 19.2. The van der Waals surface area contributed by atoms with Gasteiger partial charge in [-0.3, -0.25) is 0 Å². The highest BCUT2D eigenvalue weighted by Gasteiger charge is 2.10. The molecule has 5 nitrogen and oxygen atoms in total. The standard InChI is InChI=1S/C21H18N2O3S/c1-14-18(22-21(27-14)16-5-3-2-4-6-16)11-12-25-17-9-7-15(8-10-17)19-13-20(24)23-26-19/h2-10,13H,11-12H2,1H3,(H,23,24). The summed E-state index contributed by atoms with van der Waals surface area (Å²) in [5.41, 5.74) is 3.05. The SMILES string of the molecule is Cc1sc(-c2ccccc2)nc1CCOc1ccc(-c2cc(O)no2)cc1. The predicted octanol–water partition coefficient (Wildman–Crippen LogP) is 5.10. The zero-order valence-electron chi connectivity index (χ0n) is 14.8. The van der Waals surface area contributed by atoms with E-state index in [2.05, 4.69) is 24.2 Å². The zero-order chi connectivity index (χ0) is 18.6. The molecule has 4 rings (SSSR count). The van der Waals surface area contributed by atoms with Crippen LogP contribution >= 0.6 is 11.3 Å². The van der Waals surface area contributed by atoms with Gasteiger partial charge in [0.05, 0.1) is 12.3 Å². The molecule has 0 spiro atoms. The van der Waals surface area contributed by atoms with Gasteiger partial charge < -0.3 is 14.4 Å². The van der Waals surface area contributed by atoms with Gasteiger partial charge in [-0.1, -0.05) is 30.3 Å². The van der Waals surface area contributed by atoms with Crippen molar-refractivity contribution in [3.05, 3.63) is 71.2 Å². The average molecular weight is 378 g/mol. The Morgan fingerprint density at radius 1 is 1.04 bits per heavy atom. The van der Waals surface area contributed by atoms with Crippen molar-refractivity contribution in [3.8, 4) is 33.5 Å². The van der Waals surface area contributed by atoms with Crippen molar-refractivity contribution in [2.45, 2.75) is 13.3 Å². The second kappa shape index (κ2) is 7.63. The van der Waals surface area contributed by atoms with E-state index < -0.39 is 0 Å². The number of aromatic nitrogens is 2. The predicted molar refractivity (Wildman–Crippen MR) is 105 cm³/mol. The maximum Gasteiger partial charge on any atom is 0.252 e. The fraction of sp³-hybridized carbons (Fsp3) is 0.143. The van der Waals surface area contributed by atoms with Gasteiger partial charge in [0.25, 0.3) is 5.88 Å². The quantitative estimate of drug-likeness (QED) is 0.505. The summed E-state index contributed by atoms with van der Waals surface area (Å²) in [4.78, 5) is 5.98. The molecule has 0 saturated carbocycles. The highest BCUT2D eigenvalue weighted by molar-refractivity contribution is 7.15. The van der Waals surface area contributed by atoms with Crippen molar-refractivity contribution in [3.63, 3.8) is 0 Å². The molecular formula is C21H18N2O3S. The number of thiazole rings is 1. The van der Waals surface area contributed by atoms with Gasteiger partial charge in [-0.15, -0.1) is 11.3 Å². The van der Waals surface area contributed by atoms with Gasteiger partial charge >= 0.3 is 0 Å². The molecule has 0 amide bonds. The molecule has 0 aliphatic rings. The summed E-state index contributed by atoms with van der Waals surface area (Å²) < 4.78 is 10.9. The van der Waals surface area contributed by atoms with Gasteiger partial charge in [0.15, 0.2) is 5.76 Å². The van der Waals surface area contributed by atoms with E-state index >= 15 is 0 Å². The molecule has 2 heterocycles. The van der Waals surface area contributed by atoms with Gasteiger partial charge in [0.2, 0.25) is 0 Å². The summed E-state index contributed by atoms with van der Waals surface area (Å²) in [5.74, 6) is 1.17. The van der Waals surface area contributed by atoms with E-state index in [0.29, 0.717) is 12.4 Å². The van der Waals surface area contributed by atoms with Crippen LogP contribution in [0, 0.1) is 6.92 Å². The van der Waals surface area contributed by atoms with E-state index in [9.17, 15) is 5.11 Å². The van der Waals surface area contributed by atoms with Crippen LogP contribution in [-0.2, 0) is 6.42 Å². The maximum absolute atomic E-state index is 9.26. The van der Waals surface area contributed by atoms with Crippen LogP contribution in [0.2, 0.25) is 0 Å². The molecule has 0 unspecified atom stereocenters. The van der Waals surface area contributed by atoms with E-state index in [1.54, 1.807) is 11.3 Å². The number of nitrogens with zero attached hydrogens (tertiary/aromatic N) is 2. The first kappa shape index (κ1) is 17.3. The molecule has 0 fully saturated rings. The lowest BCUT2D eigenvalue weighted by atomic mass is 10.2. The molecular weight excluding hydrogens is 360 g/mol. The number of benzene rings is 2. The molecule has 2 aromatic heterocycles. The summed E-state index contributed by atoms with van der Waals surface area (Å²) >= 11 is 1.71. The van der Waals surface area contributed by atoms with Crippen LogP contribution in [0.4, 0.5) is 0 Å². The topological polar surface area (TPSA) is 68.4 Å². The minimum atomic E-state index is -0.126. The first-order valence-corrected chi connectivity index (χ1v) is 9.41. The molecule has 1 N–H and O–H groups in total. The highest BCUT2D eigenvalue weighted by Crippen LogP contribution is 2.28. The first-order chi connectivity index (χ1) is 13.2. The monoisotopic (exact) mass is 378 g/mol. The molecule has 0 radical (unpaired) electrons. The Labute approximate surface area is 160 Å². The normalized spacial score (nSPS) is 10.9. The van der Waals surface area contributed by atoms with E-state index in [0.717, 1.165) is 34.0 Å². The lowest BCUT2D eigenvalue weighted by Crippen LogP contribution is -2.02. The molecule has 6 heteroatoms. The number of ether oxygens (including phenoxy) is 1. The maximum atomic E-state index is 9.26. The molecule has 27 heavy (non-hydrogen) atoms. The van der Waals surface area contributed by atoms with Crippen LogP contribution in [0.1, 0.15) is 10.6 Å². The minimum Gasteiger partial charge on any atom is -0.493 e. The van der Waals surface area contributed by atoms with Crippen LogP contribution in [0.5, 0.6) is 11.6 Å². The van der Waals surface area contributed by atoms with Crippen LogP contribution in [0.15, 0.2) is 65.2 Å². The Bertz CT molecular complexity index is 1020. The number of hydrogen-bond acceptors (Lipinski definition) is 6. The molecule has 0 atom stereocenters. The molecule has 0 bridgehead atoms. The van der Waals surface area contributed by atoms with Crippen molar-refractivity contribution >= 4 is 11.3 Å². The smallest absolute Gasteiger partial charge is 0.252 e. The van der Waals surface area contributed by atoms with E-state index in [1.165, 1.54) is 10.9 Å². The van der Waals surface area contributed by atoms with E-state index in [1.807, 2.05) is 42.5 Å². The van der Waals surface area contributed by atoms with Crippen LogP contribution < -0.4 is 4.74 Å². The van der Waals surface area contributed by atoms with Crippen molar-refractivity contribution in [2.24, 2.45) is 0 Å². The molecule has 0 aliphatic heterocycles. The van der Waals surface area contributed by atoms with Crippen molar-refractivity contribution in [2.75, 3.05) is 6.61 Å². The van der Waals surface area contributed by atoms with Gasteiger partial charge in [-0.2, -0.15) is 0 Å². The largest absolute Gasteiger partial charge is 0.493 e. The van der Waals surface area contributed by atoms with Gasteiger partial charge in [-0.05, 0) is 36.3 Å². The molecule has 136 valence electrons. The first-order valence-electron chi connectivity index (χ1n) is 8.60. The Hall–Kier alpha value is -3.12. The molecule has 0 aliphatic carbocycles. The Kier molecular flexibility index (Phi) is 4.89. The third-order valence-corrected chi connectivity index (χ3v) is 5.22. The van der Waals surface area contributed by atoms with Crippen LogP contribution in [0.3, 0.4) is 0 Å². The summed E-state index contributed by atoms with van der Waals surface area (Å²) in [7, 11) is 0. The summed E-state index contributed by atoms with van der Waals surface area (Å²) in [6.07, 6.45) is 0.757. The second-order valence-electron chi connectivity index (χ2n) is 6.06. The fourth-order valence-electron chi connectivity index (χ4n) is 2.75. The zero-order valence-corrected chi connectivity index (χ0v) is 15.6. The van der Waals surface area contributed by atoms with Crippen LogP contribution in [-0.4, -0.2) is 21.9 Å². The van der Waals surface area contributed by atoms with E-state index in [4.69, 9.17) is 14.2 Å². The van der Waals surface area contributed by atoms with Crippen molar-refractivity contribution in [1.29, 1.82) is 0 Å². The number of rotatable bonds is 6. The Morgan fingerprint density at radius 3 is 2.52 bits per heavy atom. The van der Waals surface area contributed by atoms with Crippen molar-refractivity contribution in [1.82, 2.24) is 10.1 Å². The van der Waals surface area contributed by atoms with E-state index in [-0.39, 0.29) is 5.88 Å². The average Bonchev–Trinajstić information content (AvgIpc) is 3.29. The Morgan fingerprint density at radius 2 is 1.81 bits per heavy atom. The third-order valence-electron chi connectivity index (χ3n) is 4.16. The molecule has 0 saturated heterocycles. The minimum absolute atomic E-state index is 0.126. The summed E-state index contributed by atoms with van der Waals surface area (Å²) in [5, 5.41) is 13.8. The lowest BCUT2D eigenvalue weighted by Gasteiger charge is -2.06. The van der Waals surface area contributed by atoms with Gasteiger partial charge in [-0.25, -0.2) is 4.98 Å². The van der Waals surface area contributed by atoms with Crippen LogP contribution in [0.25, 0.3) is 21.9 Å². The number of aromatic hydroxyl groups is 1. The van der Waals surface area contributed by atoms with Crippen molar-refractivity contribution < 1.29 is 14.4 Å². The lowest BCUT2D eigenvalue weighted by molar-refractivity contribution is 0.320. The highest BCUT2D eigenvalue weighted by atomic mass is 32.1. The molecule has 2 aromatic carbocycles. The summed E-state index contributed by atoms with van der Waals surface area (Å²) in [6.45, 7) is 2.66. The second-order valence-corrected chi connectivity index (χ2v) is 7.26. The Balaban J connectivity index is 1.37. The molecule has 4 aromatic rings.